The summed E-state index contributed by atoms with van der Waals surface area (Å²) in [6, 6.07) is 56.3. The van der Waals surface area contributed by atoms with Crippen molar-refractivity contribution in [1.29, 1.82) is 0 Å². The second kappa shape index (κ2) is 11.2. The molecule has 0 aliphatic heterocycles. The maximum absolute atomic E-state index is 6.49. The van der Waals surface area contributed by atoms with Crippen molar-refractivity contribution in [3.63, 3.8) is 0 Å². The quantitative estimate of drug-likeness (QED) is 0.175. The summed E-state index contributed by atoms with van der Waals surface area (Å²) in [5.41, 5.74) is 8.09. The zero-order valence-corrected chi connectivity index (χ0v) is 27.7. The summed E-state index contributed by atoms with van der Waals surface area (Å²) < 4.78 is 12.7. The molecule has 8 aromatic carbocycles. The smallest absolute Gasteiger partial charge is 0.167 e. The molecule has 52 heavy (non-hydrogen) atoms. The summed E-state index contributed by atoms with van der Waals surface area (Å²) in [6.45, 7) is 0. The van der Waals surface area contributed by atoms with Crippen LogP contribution in [0.25, 0.3) is 111 Å². The molecule has 5 nitrogen and oxygen atoms in total. The number of hydrogen-bond acceptors (Lipinski definition) is 5. The highest BCUT2D eigenvalue weighted by atomic mass is 16.3. The van der Waals surface area contributed by atoms with Crippen LogP contribution >= 0.6 is 0 Å². The highest BCUT2D eigenvalue weighted by Crippen LogP contribution is 2.40. The molecular weight excluding hydrogens is 639 g/mol. The molecule has 0 saturated carbocycles. The van der Waals surface area contributed by atoms with Gasteiger partial charge in [0.25, 0.3) is 0 Å². The van der Waals surface area contributed by atoms with E-state index in [1.165, 1.54) is 0 Å². The van der Waals surface area contributed by atoms with Gasteiger partial charge in [0.05, 0.1) is 5.56 Å². The van der Waals surface area contributed by atoms with Gasteiger partial charge in [0, 0.05) is 38.1 Å². The molecule has 5 heteroatoms. The van der Waals surface area contributed by atoms with E-state index in [9.17, 15) is 0 Å². The second-order valence-corrected chi connectivity index (χ2v) is 13.1. The topological polar surface area (TPSA) is 65.0 Å². The summed E-state index contributed by atoms with van der Waals surface area (Å²) in [4.78, 5) is 15.7. The van der Waals surface area contributed by atoms with Crippen LogP contribution < -0.4 is 0 Å². The molecule has 0 radical (unpaired) electrons. The predicted molar refractivity (Wildman–Crippen MR) is 211 cm³/mol. The van der Waals surface area contributed by atoms with E-state index in [1.54, 1.807) is 0 Å². The molecule has 0 fully saturated rings. The van der Waals surface area contributed by atoms with Crippen LogP contribution in [-0.2, 0) is 0 Å². The molecule has 11 rings (SSSR count). The molecule has 0 atom stereocenters. The molecule has 0 amide bonds. The minimum Gasteiger partial charge on any atom is -0.456 e. The lowest BCUT2D eigenvalue weighted by molar-refractivity contribution is 0.669. The Morgan fingerprint density at radius 1 is 0.327 bits per heavy atom. The van der Waals surface area contributed by atoms with E-state index < -0.39 is 0 Å². The van der Waals surface area contributed by atoms with Crippen LogP contribution in [0.1, 0.15) is 0 Å². The van der Waals surface area contributed by atoms with Crippen LogP contribution in [0.5, 0.6) is 0 Å². The van der Waals surface area contributed by atoms with Crippen molar-refractivity contribution in [2.45, 2.75) is 0 Å². The summed E-state index contributed by atoms with van der Waals surface area (Å²) >= 11 is 0. The fraction of sp³-hybridized carbons (Fsp3) is 0. The van der Waals surface area contributed by atoms with Gasteiger partial charge in [-0.1, -0.05) is 133 Å². The van der Waals surface area contributed by atoms with Gasteiger partial charge in [-0.3, -0.25) is 0 Å². The third kappa shape index (κ3) is 4.39. The van der Waals surface area contributed by atoms with Crippen LogP contribution in [0.15, 0.2) is 173 Å². The highest BCUT2D eigenvalue weighted by Gasteiger charge is 2.20. The van der Waals surface area contributed by atoms with E-state index >= 15 is 0 Å². The Labute approximate surface area is 297 Å². The first-order chi connectivity index (χ1) is 25.8. The first-order valence-corrected chi connectivity index (χ1v) is 17.4. The Morgan fingerprint density at radius 2 is 0.904 bits per heavy atom. The molecule has 0 N–H and O–H groups in total. The summed E-state index contributed by atoms with van der Waals surface area (Å²) in [5, 5.41) is 8.81. The standard InChI is InChI=1S/C47H27N3O2/c1-2-15-32-28(11-1)25-26-29-12-8-20-37(42(29)32)46-48-45(49-47(50-46)38-21-9-19-35-34-16-3-5-22-39(34)52-44(35)38)31-14-7-13-30(27-31)33-18-10-24-41-43(33)36-17-4-6-23-40(36)51-41/h1-27H. The van der Waals surface area contributed by atoms with Crippen molar-refractivity contribution in [1.82, 2.24) is 15.0 Å². The molecular formula is C47H27N3O2. The minimum atomic E-state index is 0.551. The maximum Gasteiger partial charge on any atom is 0.167 e. The monoisotopic (exact) mass is 665 g/mol. The average Bonchev–Trinajstić information content (AvgIpc) is 3.79. The molecule has 0 spiro atoms. The zero-order chi connectivity index (χ0) is 34.2. The Hall–Kier alpha value is -7.11. The summed E-state index contributed by atoms with van der Waals surface area (Å²) in [6.07, 6.45) is 0. The van der Waals surface area contributed by atoms with Gasteiger partial charge >= 0.3 is 0 Å². The van der Waals surface area contributed by atoms with Crippen molar-refractivity contribution in [3.8, 4) is 45.3 Å². The van der Waals surface area contributed by atoms with E-state index in [2.05, 4.69) is 109 Å². The molecule has 0 unspecified atom stereocenters. The highest BCUT2D eigenvalue weighted by molar-refractivity contribution is 6.15. The van der Waals surface area contributed by atoms with Gasteiger partial charge in [0.1, 0.15) is 22.3 Å². The lowest BCUT2D eigenvalue weighted by atomic mass is 9.97. The van der Waals surface area contributed by atoms with Crippen LogP contribution in [0, 0.1) is 0 Å². The van der Waals surface area contributed by atoms with Gasteiger partial charge in [-0.05, 0) is 57.6 Å². The fourth-order valence-corrected chi connectivity index (χ4v) is 7.76. The third-order valence-electron chi connectivity index (χ3n) is 10.1. The van der Waals surface area contributed by atoms with Gasteiger partial charge in [-0.15, -0.1) is 0 Å². The summed E-state index contributed by atoms with van der Waals surface area (Å²) in [5.74, 6) is 1.73. The molecule has 0 bridgehead atoms. The predicted octanol–water partition coefficient (Wildman–Crippen LogP) is 12.6. The molecule has 242 valence electrons. The Kier molecular flexibility index (Phi) is 6.18. The molecule has 0 aliphatic carbocycles. The van der Waals surface area contributed by atoms with E-state index in [1.807, 2.05) is 54.6 Å². The van der Waals surface area contributed by atoms with Crippen molar-refractivity contribution >= 4 is 65.4 Å². The first-order valence-electron chi connectivity index (χ1n) is 17.4. The van der Waals surface area contributed by atoms with Crippen molar-refractivity contribution in [3.05, 3.63) is 164 Å². The number of rotatable bonds is 4. The van der Waals surface area contributed by atoms with Crippen molar-refractivity contribution in [2.75, 3.05) is 0 Å². The van der Waals surface area contributed by atoms with E-state index in [0.29, 0.717) is 17.5 Å². The van der Waals surface area contributed by atoms with Crippen LogP contribution in [0.3, 0.4) is 0 Å². The summed E-state index contributed by atoms with van der Waals surface area (Å²) in [7, 11) is 0. The lowest BCUT2D eigenvalue weighted by Crippen LogP contribution is -2.01. The molecule has 11 aromatic rings. The van der Waals surface area contributed by atoms with Gasteiger partial charge in [-0.2, -0.15) is 0 Å². The SMILES string of the molecule is c1cc(-c2nc(-c3cccc4c3oc3ccccc34)nc(-c3cccc4ccc5ccccc5c34)n2)cc(-c2cccc3oc4ccccc4c23)c1. The van der Waals surface area contributed by atoms with Crippen molar-refractivity contribution < 1.29 is 8.83 Å². The Balaban J connectivity index is 1.17. The van der Waals surface area contributed by atoms with Gasteiger partial charge in [0.2, 0.25) is 0 Å². The lowest BCUT2D eigenvalue weighted by Gasteiger charge is -2.13. The third-order valence-corrected chi connectivity index (χ3v) is 10.1. The largest absolute Gasteiger partial charge is 0.456 e. The number of nitrogens with zero attached hydrogens (tertiary/aromatic N) is 3. The number of benzene rings is 8. The Morgan fingerprint density at radius 3 is 1.81 bits per heavy atom. The maximum atomic E-state index is 6.49. The second-order valence-electron chi connectivity index (χ2n) is 13.1. The zero-order valence-electron chi connectivity index (χ0n) is 27.7. The minimum absolute atomic E-state index is 0.551. The molecule has 0 aliphatic rings. The molecule has 3 heterocycles. The first kappa shape index (κ1) is 28.7. The van der Waals surface area contributed by atoms with Gasteiger partial charge < -0.3 is 8.83 Å². The molecule has 0 saturated heterocycles. The fourth-order valence-electron chi connectivity index (χ4n) is 7.76. The molecule has 3 aromatic heterocycles. The average molecular weight is 666 g/mol. The van der Waals surface area contributed by atoms with Crippen LogP contribution in [-0.4, -0.2) is 15.0 Å². The number of hydrogen-bond donors (Lipinski definition) is 0. The van der Waals surface area contributed by atoms with Gasteiger partial charge in [-0.25, -0.2) is 15.0 Å². The van der Waals surface area contributed by atoms with Crippen LogP contribution in [0.2, 0.25) is 0 Å². The number of furan rings is 2. The number of aromatic nitrogens is 3. The Bertz CT molecular complexity index is 3210. The number of fused-ring (bicyclic) bond motifs is 9. The van der Waals surface area contributed by atoms with Crippen LogP contribution in [0.4, 0.5) is 0 Å². The normalized spacial score (nSPS) is 11.8. The van der Waals surface area contributed by atoms with E-state index in [4.69, 9.17) is 23.8 Å². The van der Waals surface area contributed by atoms with E-state index in [-0.39, 0.29) is 0 Å². The van der Waals surface area contributed by atoms with E-state index in [0.717, 1.165) is 93.2 Å². The van der Waals surface area contributed by atoms with Crippen molar-refractivity contribution in [2.24, 2.45) is 0 Å². The number of para-hydroxylation sites is 3. The van der Waals surface area contributed by atoms with Gasteiger partial charge in [0.15, 0.2) is 17.5 Å².